The molecule has 0 saturated carbocycles. The first-order valence-corrected chi connectivity index (χ1v) is 1.31. The molecule has 0 amide bonds. The molecule has 0 aliphatic carbocycles. The van der Waals surface area contributed by atoms with E-state index < -0.39 is 0 Å². The molecule has 0 heterocycles. The van der Waals surface area contributed by atoms with E-state index in [0.717, 1.165) is 6.29 Å². The van der Waals surface area contributed by atoms with Crippen molar-refractivity contribution >= 4 is 12.3 Å². The van der Waals surface area contributed by atoms with Crippen LogP contribution in [0.3, 0.4) is 0 Å². The van der Waals surface area contributed by atoms with E-state index in [2.05, 4.69) is 0 Å². The Morgan fingerprint density at radius 1 is 1.67 bits per heavy atom. The van der Waals surface area contributed by atoms with E-state index in [9.17, 15) is 0 Å². The zero-order valence-corrected chi connectivity index (χ0v) is 3.49. The first-order valence-electron chi connectivity index (χ1n) is 1.31. The summed E-state index contributed by atoms with van der Waals surface area (Å²) in [5.74, 6) is 0. The van der Waals surface area contributed by atoms with E-state index in [1.807, 2.05) is 0 Å². The Morgan fingerprint density at radius 3 is 1.67 bits per heavy atom. The third-order valence-electron chi connectivity index (χ3n) is 0. The second-order valence-corrected chi connectivity index (χ2v) is 0.361. The van der Waals surface area contributed by atoms with Crippen molar-refractivity contribution in [1.82, 2.24) is 0 Å². The minimum atomic E-state index is 0.750. The quantitative estimate of drug-likeness (QED) is 0.327. The van der Waals surface area contributed by atoms with Gasteiger partial charge in [0.2, 0.25) is 0 Å². The summed E-state index contributed by atoms with van der Waals surface area (Å²) in [5.41, 5.74) is 0. The van der Waals surface area contributed by atoms with Gasteiger partial charge >= 0.3 is 0 Å². The molecule has 0 saturated heterocycles. The Balaban J connectivity index is 0. The van der Waals surface area contributed by atoms with Crippen molar-refractivity contribution in [3.8, 4) is 0 Å². The second-order valence-electron chi connectivity index (χ2n) is 0.361. The van der Waals surface area contributed by atoms with Crippen LogP contribution < -0.4 is 0 Å². The van der Waals surface area contributed by atoms with Gasteiger partial charge in [-0.3, -0.25) is 0 Å². The molecule has 0 aromatic carbocycles. The maximum absolute atomic E-state index is 8.81. The highest BCUT2D eigenvalue weighted by Crippen LogP contribution is 1.13. The lowest BCUT2D eigenvalue weighted by Gasteiger charge is -1.23. The lowest BCUT2D eigenvalue weighted by molar-refractivity contribution is -0.106. The van der Waals surface area contributed by atoms with Crippen molar-refractivity contribution in [2.45, 2.75) is 6.92 Å². The van der Waals surface area contributed by atoms with Gasteiger partial charge in [0.05, 0.1) is 6.01 Å². The van der Waals surface area contributed by atoms with Crippen molar-refractivity contribution in [2.75, 3.05) is 0 Å². The van der Waals surface area contributed by atoms with E-state index in [1.54, 1.807) is 0 Å². The molecule has 0 fully saturated rings. The highest BCUT2D eigenvalue weighted by molar-refractivity contribution is 5.44. The maximum Gasteiger partial charge on any atom is 0.116 e. The summed E-state index contributed by atoms with van der Waals surface area (Å²) in [7, 11) is 0. The Hall–Kier alpha value is -0.950. The lowest BCUT2D eigenvalue weighted by Crippen LogP contribution is -1.36. The van der Waals surface area contributed by atoms with Crippen LogP contribution in [0.25, 0.3) is 0 Å². The Bertz CT molecular complexity index is 53.8. The molecule has 0 unspecified atom stereocenters. The summed E-state index contributed by atoms with van der Waals surface area (Å²) in [6.45, 7) is 1.44. The van der Waals surface area contributed by atoms with Crippen molar-refractivity contribution in [2.24, 2.45) is 0 Å². The Labute approximate surface area is 36.0 Å². The molecule has 34 valence electrons. The van der Waals surface area contributed by atoms with Crippen LogP contribution in [-0.4, -0.2) is 12.3 Å². The Morgan fingerprint density at radius 2 is 1.67 bits per heavy atom. The molecular formula is C3H6N2O. The van der Waals surface area contributed by atoms with Gasteiger partial charge in [0.25, 0.3) is 0 Å². The van der Waals surface area contributed by atoms with Gasteiger partial charge in [-0.05, 0) is 6.92 Å². The van der Waals surface area contributed by atoms with Crippen LogP contribution in [0.15, 0.2) is 0 Å². The fourth-order valence-corrected chi connectivity index (χ4v) is 0. The average molecular weight is 86.1 g/mol. The highest BCUT2D eigenvalue weighted by Gasteiger charge is 1.24. The molecule has 3 nitrogen and oxygen atoms in total. The molecule has 0 spiro atoms. The van der Waals surface area contributed by atoms with Gasteiger partial charge in [-0.15, -0.1) is 0 Å². The monoisotopic (exact) mass is 86.0 g/mol. The first-order chi connectivity index (χ1) is 2.83. The Kier molecular flexibility index (Phi) is 50.7. The van der Waals surface area contributed by atoms with Crippen LogP contribution in [-0.2, 0) is 4.79 Å². The molecule has 6 heavy (non-hydrogen) atoms. The minimum absolute atomic E-state index is 0.750. The SMILES string of the molecule is CC=O.N=C=N. The summed E-state index contributed by atoms with van der Waals surface area (Å²) in [6.07, 6.45) is 0.750. The van der Waals surface area contributed by atoms with Crippen LogP contribution in [0, 0.1) is 10.8 Å². The van der Waals surface area contributed by atoms with Crippen molar-refractivity contribution in [1.29, 1.82) is 10.8 Å². The first kappa shape index (κ1) is 8.90. The number of hydrogen-bond acceptors (Lipinski definition) is 3. The van der Waals surface area contributed by atoms with E-state index >= 15 is 0 Å². The summed E-state index contributed by atoms with van der Waals surface area (Å²) in [5, 5.41) is 11.2. The van der Waals surface area contributed by atoms with Crippen LogP contribution in [0.1, 0.15) is 6.92 Å². The van der Waals surface area contributed by atoms with Crippen molar-refractivity contribution in [3.05, 3.63) is 0 Å². The lowest BCUT2D eigenvalue weighted by atomic mass is 11.0. The molecule has 0 aromatic rings. The number of hydrogen-bond donors (Lipinski definition) is 2. The molecular weight excluding hydrogens is 80.0 g/mol. The molecule has 3 heteroatoms. The van der Waals surface area contributed by atoms with Gasteiger partial charge in [0, 0.05) is 0 Å². The van der Waals surface area contributed by atoms with Crippen LogP contribution >= 0.6 is 0 Å². The fourth-order valence-electron chi connectivity index (χ4n) is 0. The largest absolute Gasteiger partial charge is 0.304 e. The van der Waals surface area contributed by atoms with E-state index in [0.29, 0.717) is 0 Å². The van der Waals surface area contributed by atoms with Crippen LogP contribution in [0.4, 0.5) is 0 Å². The van der Waals surface area contributed by atoms with Crippen molar-refractivity contribution in [3.63, 3.8) is 0 Å². The highest BCUT2D eigenvalue weighted by atomic mass is 16.1. The zero-order chi connectivity index (χ0) is 5.41. The molecule has 2 N–H and O–H groups in total. The van der Waals surface area contributed by atoms with Gasteiger partial charge in [0.15, 0.2) is 0 Å². The third kappa shape index (κ3) is 14.2. The molecule has 0 aromatic heterocycles. The molecule has 0 aliphatic heterocycles. The average Bonchev–Trinajstić information content (AvgIpc) is 1.39. The number of carbonyl (C=O) groups excluding carboxylic acids is 1. The van der Waals surface area contributed by atoms with Gasteiger partial charge in [-0.25, -0.2) is 10.8 Å². The summed E-state index contributed by atoms with van der Waals surface area (Å²) in [6, 6.07) is 1.25. The number of aldehydes is 1. The van der Waals surface area contributed by atoms with Gasteiger partial charge in [-0.2, -0.15) is 0 Å². The van der Waals surface area contributed by atoms with Crippen molar-refractivity contribution < 1.29 is 4.79 Å². The smallest absolute Gasteiger partial charge is 0.116 e. The van der Waals surface area contributed by atoms with Gasteiger partial charge in [-0.1, -0.05) is 0 Å². The van der Waals surface area contributed by atoms with Gasteiger partial charge in [0.1, 0.15) is 6.29 Å². The van der Waals surface area contributed by atoms with E-state index in [1.165, 1.54) is 12.9 Å². The zero-order valence-electron chi connectivity index (χ0n) is 3.49. The molecule has 0 radical (unpaired) electrons. The third-order valence-corrected chi connectivity index (χ3v) is 0. The maximum atomic E-state index is 8.81. The normalized spacial score (nSPS) is 3.50. The van der Waals surface area contributed by atoms with E-state index in [4.69, 9.17) is 15.6 Å². The molecule has 0 aliphatic rings. The van der Waals surface area contributed by atoms with Crippen LogP contribution in [0.5, 0.6) is 0 Å². The standard InChI is InChI=1S/C2H4O.CH2N2/c1-2-3;2-1-3/h2H,1H3;2-3H. The predicted octanol–water partition coefficient (Wildman–Crippen LogP) is 0.523. The minimum Gasteiger partial charge on any atom is -0.304 e. The molecule has 0 atom stereocenters. The molecule has 0 rings (SSSR count). The molecule has 0 bridgehead atoms. The fraction of sp³-hybridized carbons (Fsp3) is 0.333. The second kappa shape index (κ2) is 34.2. The number of rotatable bonds is 0. The summed E-state index contributed by atoms with van der Waals surface area (Å²) in [4.78, 5) is 8.81. The van der Waals surface area contributed by atoms with E-state index in [-0.39, 0.29) is 0 Å². The summed E-state index contributed by atoms with van der Waals surface area (Å²) < 4.78 is 0. The summed E-state index contributed by atoms with van der Waals surface area (Å²) >= 11 is 0. The van der Waals surface area contributed by atoms with Crippen LogP contribution in [0.2, 0.25) is 0 Å². The number of carbonyl (C=O) groups is 1. The number of nitrogens with one attached hydrogen (secondary N) is 2. The van der Waals surface area contributed by atoms with Gasteiger partial charge < -0.3 is 4.79 Å². The topological polar surface area (TPSA) is 64.8 Å². The predicted molar refractivity (Wildman–Crippen MR) is 22.2 cm³/mol.